The van der Waals surface area contributed by atoms with Gasteiger partial charge in [-0.15, -0.1) is 0 Å². The van der Waals surface area contributed by atoms with Crippen LogP contribution in [0.25, 0.3) is 0 Å². The summed E-state index contributed by atoms with van der Waals surface area (Å²) in [4.78, 5) is 0. The molecule has 0 aromatic heterocycles. The summed E-state index contributed by atoms with van der Waals surface area (Å²) in [6.45, 7) is 0.699. The van der Waals surface area contributed by atoms with E-state index in [4.69, 9.17) is 22.1 Å². The monoisotopic (exact) mass is 253 g/mol. The van der Waals surface area contributed by atoms with E-state index in [0.717, 1.165) is 30.7 Å². The predicted molar refractivity (Wildman–Crippen MR) is 71.4 cm³/mol. The average molecular weight is 254 g/mol. The number of hydrogen-bond acceptors (Lipinski definition) is 2. The molecule has 0 bridgehead atoms. The van der Waals surface area contributed by atoms with Crippen LogP contribution in [0.4, 0.5) is 0 Å². The van der Waals surface area contributed by atoms with Gasteiger partial charge < -0.3 is 10.5 Å². The quantitative estimate of drug-likeness (QED) is 0.898. The van der Waals surface area contributed by atoms with Crippen molar-refractivity contribution in [3.8, 4) is 0 Å². The SMILES string of the molecule is COC1CCC(CN)(c2ccc(Cl)cc2)CC1. The van der Waals surface area contributed by atoms with Crippen LogP contribution in [0.2, 0.25) is 5.02 Å². The number of nitrogens with two attached hydrogens (primary N) is 1. The van der Waals surface area contributed by atoms with Gasteiger partial charge in [-0.05, 0) is 43.4 Å². The van der Waals surface area contributed by atoms with Crippen molar-refractivity contribution in [1.29, 1.82) is 0 Å². The molecule has 1 fully saturated rings. The lowest BCUT2D eigenvalue weighted by molar-refractivity contribution is 0.0498. The van der Waals surface area contributed by atoms with Gasteiger partial charge in [-0.25, -0.2) is 0 Å². The molecule has 1 aromatic rings. The standard InChI is InChI=1S/C14H20ClNO/c1-17-13-6-8-14(10-16,9-7-13)11-2-4-12(15)5-3-11/h2-5,13H,6-10,16H2,1H3. The van der Waals surface area contributed by atoms with Crippen LogP contribution in [-0.4, -0.2) is 19.8 Å². The van der Waals surface area contributed by atoms with Crippen molar-refractivity contribution in [3.05, 3.63) is 34.9 Å². The maximum absolute atomic E-state index is 6.02. The second kappa shape index (κ2) is 5.38. The second-order valence-electron chi connectivity index (χ2n) is 4.93. The molecule has 2 nitrogen and oxygen atoms in total. The molecule has 2 N–H and O–H groups in total. The smallest absolute Gasteiger partial charge is 0.0572 e. The van der Waals surface area contributed by atoms with E-state index in [1.54, 1.807) is 7.11 Å². The Kier molecular flexibility index (Phi) is 4.08. The molecule has 0 amide bonds. The Morgan fingerprint density at radius 3 is 2.35 bits per heavy atom. The van der Waals surface area contributed by atoms with E-state index in [-0.39, 0.29) is 5.41 Å². The molecule has 0 saturated heterocycles. The first kappa shape index (κ1) is 12.9. The fraction of sp³-hybridized carbons (Fsp3) is 0.571. The van der Waals surface area contributed by atoms with Gasteiger partial charge in [0.15, 0.2) is 0 Å². The molecule has 2 rings (SSSR count). The largest absolute Gasteiger partial charge is 0.381 e. The molecular weight excluding hydrogens is 234 g/mol. The van der Waals surface area contributed by atoms with Gasteiger partial charge in [0.2, 0.25) is 0 Å². The van der Waals surface area contributed by atoms with Crippen molar-refractivity contribution in [1.82, 2.24) is 0 Å². The third kappa shape index (κ3) is 2.65. The first-order valence-electron chi connectivity index (χ1n) is 6.19. The molecule has 0 unspecified atom stereocenters. The molecule has 1 aliphatic carbocycles. The first-order chi connectivity index (χ1) is 8.20. The summed E-state index contributed by atoms with van der Waals surface area (Å²) in [5.74, 6) is 0. The topological polar surface area (TPSA) is 35.2 Å². The number of benzene rings is 1. The second-order valence-corrected chi connectivity index (χ2v) is 5.36. The molecule has 1 saturated carbocycles. The third-order valence-electron chi connectivity index (χ3n) is 4.07. The Bertz CT molecular complexity index is 355. The number of methoxy groups -OCH3 is 1. The van der Waals surface area contributed by atoms with Crippen molar-refractivity contribution >= 4 is 11.6 Å². The van der Waals surface area contributed by atoms with Crippen LogP contribution in [0.15, 0.2) is 24.3 Å². The van der Waals surface area contributed by atoms with Crippen LogP contribution in [0.5, 0.6) is 0 Å². The predicted octanol–water partition coefficient (Wildman–Crippen LogP) is 3.13. The summed E-state index contributed by atoms with van der Waals surface area (Å²) in [7, 11) is 1.79. The highest BCUT2D eigenvalue weighted by Crippen LogP contribution is 2.39. The van der Waals surface area contributed by atoms with Gasteiger partial charge in [-0.2, -0.15) is 0 Å². The maximum Gasteiger partial charge on any atom is 0.0572 e. The van der Waals surface area contributed by atoms with Crippen molar-refractivity contribution < 1.29 is 4.74 Å². The van der Waals surface area contributed by atoms with E-state index in [1.807, 2.05) is 12.1 Å². The molecule has 0 aliphatic heterocycles. The number of halogens is 1. The van der Waals surface area contributed by atoms with Crippen LogP contribution in [0.1, 0.15) is 31.2 Å². The van der Waals surface area contributed by atoms with Gasteiger partial charge in [-0.1, -0.05) is 23.7 Å². The Hall–Kier alpha value is -0.570. The summed E-state index contributed by atoms with van der Waals surface area (Å²) in [5, 5.41) is 0.784. The van der Waals surface area contributed by atoms with Gasteiger partial charge in [0.05, 0.1) is 6.10 Å². The molecule has 17 heavy (non-hydrogen) atoms. The molecule has 3 heteroatoms. The zero-order valence-corrected chi connectivity index (χ0v) is 11.0. The summed E-state index contributed by atoms with van der Waals surface area (Å²) in [6, 6.07) is 8.14. The van der Waals surface area contributed by atoms with Crippen molar-refractivity contribution in [3.63, 3.8) is 0 Å². The lowest BCUT2D eigenvalue weighted by atomic mass is 9.69. The van der Waals surface area contributed by atoms with Gasteiger partial charge in [0.25, 0.3) is 0 Å². The Morgan fingerprint density at radius 1 is 1.29 bits per heavy atom. The van der Waals surface area contributed by atoms with Gasteiger partial charge in [0.1, 0.15) is 0 Å². The minimum absolute atomic E-state index is 0.125. The van der Waals surface area contributed by atoms with E-state index in [9.17, 15) is 0 Å². The summed E-state index contributed by atoms with van der Waals surface area (Å²) in [5.41, 5.74) is 7.46. The van der Waals surface area contributed by atoms with Crippen molar-refractivity contribution in [2.45, 2.75) is 37.2 Å². The average Bonchev–Trinajstić information content (AvgIpc) is 2.40. The molecule has 0 atom stereocenters. The van der Waals surface area contributed by atoms with Gasteiger partial charge in [0, 0.05) is 24.1 Å². The zero-order valence-electron chi connectivity index (χ0n) is 10.3. The molecule has 0 spiro atoms. The maximum atomic E-state index is 6.02. The fourth-order valence-corrected chi connectivity index (χ4v) is 2.92. The van der Waals surface area contributed by atoms with Crippen molar-refractivity contribution in [2.75, 3.05) is 13.7 Å². The highest BCUT2D eigenvalue weighted by Gasteiger charge is 2.35. The van der Waals surface area contributed by atoms with Crippen LogP contribution < -0.4 is 5.73 Å². The Balaban J connectivity index is 2.18. The first-order valence-corrected chi connectivity index (χ1v) is 6.57. The summed E-state index contributed by atoms with van der Waals surface area (Å²) < 4.78 is 5.42. The van der Waals surface area contributed by atoms with Crippen LogP contribution >= 0.6 is 11.6 Å². The van der Waals surface area contributed by atoms with E-state index < -0.39 is 0 Å². The number of ether oxygens (including phenoxy) is 1. The van der Waals surface area contributed by atoms with Crippen LogP contribution in [-0.2, 0) is 10.2 Å². The Labute approximate surface area is 108 Å². The minimum Gasteiger partial charge on any atom is -0.381 e. The summed E-state index contributed by atoms with van der Waals surface area (Å²) in [6.07, 6.45) is 4.79. The third-order valence-corrected chi connectivity index (χ3v) is 4.32. The normalized spacial score (nSPS) is 29.2. The van der Waals surface area contributed by atoms with E-state index in [2.05, 4.69) is 12.1 Å². The van der Waals surface area contributed by atoms with E-state index in [0.29, 0.717) is 12.6 Å². The minimum atomic E-state index is 0.125. The summed E-state index contributed by atoms with van der Waals surface area (Å²) >= 11 is 5.93. The lowest BCUT2D eigenvalue weighted by Crippen LogP contribution is -2.40. The highest BCUT2D eigenvalue weighted by atomic mass is 35.5. The molecule has 1 aliphatic rings. The Morgan fingerprint density at radius 2 is 1.88 bits per heavy atom. The molecule has 0 radical (unpaired) electrons. The highest BCUT2D eigenvalue weighted by molar-refractivity contribution is 6.30. The van der Waals surface area contributed by atoms with Crippen molar-refractivity contribution in [2.24, 2.45) is 5.73 Å². The van der Waals surface area contributed by atoms with E-state index >= 15 is 0 Å². The van der Waals surface area contributed by atoms with Crippen LogP contribution in [0.3, 0.4) is 0 Å². The number of rotatable bonds is 3. The number of hydrogen-bond donors (Lipinski definition) is 1. The lowest BCUT2D eigenvalue weighted by Gasteiger charge is -2.39. The van der Waals surface area contributed by atoms with Gasteiger partial charge >= 0.3 is 0 Å². The van der Waals surface area contributed by atoms with E-state index in [1.165, 1.54) is 5.56 Å². The molecular formula is C14H20ClNO. The molecule has 94 valence electrons. The van der Waals surface area contributed by atoms with Gasteiger partial charge in [-0.3, -0.25) is 0 Å². The fourth-order valence-electron chi connectivity index (χ4n) is 2.79. The molecule has 1 aromatic carbocycles. The zero-order chi connectivity index (χ0) is 12.3. The van der Waals surface area contributed by atoms with Crippen LogP contribution in [0, 0.1) is 0 Å². The molecule has 0 heterocycles.